The topological polar surface area (TPSA) is 69.7 Å². The minimum Gasteiger partial charge on any atom is -0.313 e. The van der Waals surface area contributed by atoms with Crippen molar-refractivity contribution in [1.82, 2.24) is 9.62 Å². The van der Waals surface area contributed by atoms with Gasteiger partial charge in [0.25, 0.3) is 0 Å². The molecule has 0 spiro atoms. The number of nitrogens with one attached hydrogen (secondary N) is 1. The van der Waals surface area contributed by atoms with Crippen molar-refractivity contribution in [2.45, 2.75) is 50.5 Å². The van der Waals surface area contributed by atoms with Crippen LogP contribution < -0.4 is 10.2 Å². The Hall–Kier alpha value is -1.15. The molecular weight excluding hydrogens is 374 g/mol. The summed E-state index contributed by atoms with van der Waals surface area (Å²) in [5.74, 6) is 0.123. The van der Waals surface area contributed by atoms with E-state index in [-0.39, 0.29) is 24.4 Å². The predicted molar refractivity (Wildman–Crippen MR) is 105 cm³/mol. The predicted octanol–water partition coefficient (Wildman–Crippen LogP) is 2.17. The van der Waals surface area contributed by atoms with Gasteiger partial charge in [-0.2, -0.15) is 4.31 Å². The van der Waals surface area contributed by atoms with Crippen LogP contribution >= 0.6 is 12.4 Å². The minimum atomic E-state index is -3.46. The molecule has 1 aromatic carbocycles. The van der Waals surface area contributed by atoms with Crippen molar-refractivity contribution in [3.63, 3.8) is 0 Å². The van der Waals surface area contributed by atoms with Gasteiger partial charge in [-0.05, 0) is 49.6 Å². The molecule has 0 bridgehead atoms. The number of hydrogen-bond donors (Lipinski definition) is 1. The molecule has 2 aliphatic rings. The van der Waals surface area contributed by atoms with Gasteiger partial charge < -0.3 is 10.2 Å². The van der Waals surface area contributed by atoms with Gasteiger partial charge in [0.15, 0.2) is 0 Å². The average molecular weight is 402 g/mol. The smallest absolute Gasteiger partial charge is 0.243 e. The number of rotatable bonds is 6. The SMILES string of the molecule is CCN(CC)S(=O)(=O)c1ccc2c(c1)CCN2C(=O)CC1CCCN1.Cl. The highest BCUT2D eigenvalue weighted by Gasteiger charge is 2.29. The largest absolute Gasteiger partial charge is 0.313 e. The quantitative estimate of drug-likeness (QED) is 0.793. The van der Waals surface area contributed by atoms with Crippen LogP contribution in [0.25, 0.3) is 0 Å². The lowest BCUT2D eigenvalue weighted by atomic mass is 10.1. The van der Waals surface area contributed by atoms with Crippen molar-refractivity contribution in [3.8, 4) is 0 Å². The molecule has 2 heterocycles. The lowest BCUT2D eigenvalue weighted by Gasteiger charge is -2.21. The van der Waals surface area contributed by atoms with E-state index in [0.717, 1.165) is 30.6 Å². The zero-order valence-corrected chi connectivity index (χ0v) is 17.0. The summed E-state index contributed by atoms with van der Waals surface area (Å²) in [6.45, 7) is 6.21. The summed E-state index contributed by atoms with van der Waals surface area (Å²) in [7, 11) is -3.46. The van der Waals surface area contributed by atoms with Gasteiger partial charge in [0.2, 0.25) is 15.9 Å². The number of nitrogens with zero attached hydrogens (tertiary/aromatic N) is 2. The van der Waals surface area contributed by atoms with Crippen LogP contribution in [0.4, 0.5) is 5.69 Å². The van der Waals surface area contributed by atoms with Crippen molar-refractivity contribution < 1.29 is 13.2 Å². The van der Waals surface area contributed by atoms with Gasteiger partial charge in [-0.3, -0.25) is 4.79 Å². The van der Waals surface area contributed by atoms with E-state index in [2.05, 4.69) is 5.32 Å². The van der Waals surface area contributed by atoms with E-state index in [1.54, 1.807) is 18.2 Å². The summed E-state index contributed by atoms with van der Waals surface area (Å²) < 4.78 is 26.8. The number of carbonyl (C=O) groups excluding carboxylic acids is 1. The third kappa shape index (κ3) is 4.06. The zero-order chi connectivity index (χ0) is 18.0. The number of sulfonamides is 1. The number of amides is 1. The second kappa shape index (κ2) is 8.69. The molecule has 1 unspecified atom stereocenters. The third-order valence-electron chi connectivity index (χ3n) is 5.17. The van der Waals surface area contributed by atoms with Gasteiger partial charge in [-0.25, -0.2) is 8.42 Å². The third-order valence-corrected chi connectivity index (χ3v) is 7.22. The Labute approximate surface area is 162 Å². The average Bonchev–Trinajstić information content (AvgIpc) is 3.24. The van der Waals surface area contributed by atoms with Crippen LogP contribution in [0.5, 0.6) is 0 Å². The molecule has 1 saturated heterocycles. The van der Waals surface area contributed by atoms with E-state index in [1.807, 2.05) is 18.7 Å². The molecule has 1 N–H and O–H groups in total. The molecule has 6 nitrogen and oxygen atoms in total. The Balaban J connectivity index is 0.00000243. The van der Waals surface area contributed by atoms with Gasteiger partial charge in [-0.1, -0.05) is 13.8 Å². The van der Waals surface area contributed by atoms with Gasteiger partial charge >= 0.3 is 0 Å². The van der Waals surface area contributed by atoms with Crippen LogP contribution in [0.1, 0.15) is 38.7 Å². The van der Waals surface area contributed by atoms with Crippen LogP contribution in [0.2, 0.25) is 0 Å². The molecular formula is C18H28ClN3O3S. The Morgan fingerprint density at radius 3 is 2.65 bits per heavy atom. The summed E-state index contributed by atoms with van der Waals surface area (Å²) in [5, 5.41) is 3.36. The lowest BCUT2D eigenvalue weighted by molar-refractivity contribution is -0.118. The minimum absolute atomic E-state index is 0. The molecule has 1 aromatic rings. The maximum Gasteiger partial charge on any atom is 0.243 e. The fraction of sp³-hybridized carbons (Fsp3) is 0.611. The molecule has 2 aliphatic heterocycles. The Bertz CT molecular complexity index is 744. The number of halogens is 1. The summed E-state index contributed by atoms with van der Waals surface area (Å²) in [4.78, 5) is 14.7. The summed E-state index contributed by atoms with van der Waals surface area (Å²) in [6.07, 6.45) is 3.40. The lowest BCUT2D eigenvalue weighted by Crippen LogP contribution is -2.34. The normalized spacial score (nSPS) is 19.5. The van der Waals surface area contributed by atoms with Gasteiger partial charge in [0, 0.05) is 37.8 Å². The van der Waals surface area contributed by atoms with Crippen LogP contribution in [0, 0.1) is 0 Å². The molecule has 1 fully saturated rings. The maximum atomic E-state index is 12.7. The molecule has 146 valence electrons. The van der Waals surface area contributed by atoms with Crippen molar-refractivity contribution in [1.29, 1.82) is 0 Å². The van der Waals surface area contributed by atoms with Crippen molar-refractivity contribution >= 4 is 34.0 Å². The Morgan fingerprint density at radius 1 is 1.31 bits per heavy atom. The molecule has 3 rings (SSSR count). The van der Waals surface area contributed by atoms with E-state index in [9.17, 15) is 13.2 Å². The molecule has 8 heteroatoms. The van der Waals surface area contributed by atoms with Crippen LogP contribution in [-0.4, -0.2) is 50.9 Å². The monoisotopic (exact) mass is 401 g/mol. The van der Waals surface area contributed by atoms with Crippen LogP contribution in [0.3, 0.4) is 0 Å². The molecule has 26 heavy (non-hydrogen) atoms. The fourth-order valence-electron chi connectivity index (χ4n) is 3.76. The Morgan fingerprint density at radius 2 is 2.04 bits per heavy atom. The highest BCUT2D eigenvalue weighted by atomic mass is 35.5. The number of benzene rings is 1. The first-order chi connectivity index (χ1) is 12.0. The van der Waals surface area contributed by atoms with Crippen LogP contribution in [0.15, 0.2) is 23.1 Å². The first-order valence-electron chi connectivity index (χ1n) is 9.14. The number of carbonyl (C=O) groups is 1. The summed E-state index contributed by atoms with van der Waals surface area (Å²) in [5.41, 5.74) is 1.81. The molecule has 1 amide bonds. The van der Waals surface area contributed by atoms with Crippen molar-refractivity contribution in [2.24, 2.45) is 0 Å². The number of fused-ring (bicyclic) bond motifs is 1. The first-order valence-corrected chi connectivity index (χ1v) is 10.6. The Kier molecular flexibility index (Phi) is 7.07. The molecule has 0 aliphatic carbocycles. The van der Waals surface area contributed by atoms with Gasteiger partial charge in [-0.15, -0.1) is 12.4 Å². The van der Waals surface area contributed by atoms with E-state index in [0.29, 0.717) is 37.4 Å². The summed E-state index contributed by atoms with van der Waals surface area (Å²) in [6, 6.07) is 5.44. The summed E-state index contributed by atoms with van der Waals surface area (Å²) >= 11 is 0. The molecule has 0 radical (unpaired) electrons. The standard InChI is InChI=1S/C18H27N3O3S.ClH/c1-3-20(4-2)25(23,24)16-7-8-17-14(12-16)9-11-21(17)18(22)13-15-6-5-10-19-15;/h7-8,12,15,19H,3-6,9-11,13H2,1-2H3;1H. The fourth-order valence-corrected chi connectivity index (χ4v) is 5.27. The van der Waals surface area contributed by atoms with Crippen molar-refractivity contribution in [3.05, 3.63) is 23.8 Å². The molecule has 0 aromatic heterocycles. The molecule has 1 atom stereocenters. The van der Waals surface area contributed by atoms with E-state index < -0.39 is 10.0 Å². The second-order valence-electron chi connectivity index (χ2n) is 6.67. The first kappa shape index (κ1) is 21.2. The second-order valence-corrected chi connectivity index (χ2v) is 8.61. The highest BCUT2D eigenvalue weighted by Crippen LogP contribution is 2.32. The van der Waals surface area contributed by atoms with Crippen LogP contribution in [-0.2, 0) is 21.2 Å². The van der Waals surface area contributed by atoms with Gasteiger partial charge in [0.05, 0.1) is 4.90 Å². The maximum absolute atomic E-state index is 12.7. The molecule has 0 saturated carbocycles. The van der Waals surface area contributed by atoms with Crippen molar-refractivity contribution in [2.75, 3.05) is 31.1 Å². The highest BCUT2D eigenvalue weighted by molar-refractivity contribution is 7.89. The van der Waals surface area contributed by atoms with E-state index >= 15 is 0 Å². The van der Waals surface area contributed by atoms with E-state index in [1.165, 1.54) is 4.31 Å². The zero-order valence-electron chi connectivity index (χ0n) is 15.4. The number of anilines is 1. The van der Waals surface area contributed by atoms with E-state index in [4.69, 9.17) is 0 Å². The van der Waals surface area contributed by atoms with Gasteiger partial charge in [0.1, 0.15) is 0 Å². The number of hydrogen-bond acceptors (Lipinski definition) is 4.